The fraction of sp³-hybridized carbons (Fsp3) is 0.176. The highest BCUT2D eigenvalue weighted by Crippen LogP contribution is 2.21. The van der Waals surface area contributed by atoms with Gasteiger partial charge in [-0.3, -0.25) is 10.2 Å². The Morgan fingerprint density at radius 1 is 1.29 bits per heavy atom. The number of halogens is 1. The molecule has 6 nitrogen and oxygen atoms in total. The van der Waals surface area contributed by atoms with Gasteiger partial charge in [-0.2, -0.15) is 0 Å². The number of amidine groups is 1. The Hall–Kier alpha value is -2.57. The number of carbonyl (C=O) groups is 1. The Kier molecular flexibility index (Phi) is 7.23. The first-order valence-electron chi connectivity index (χ1n) is 7.04. The summed E-state index contributed by atoms with van der Waals surface area (Å²) in [5.74, 6) is -0.213. The molecule has 0 aliphatic carbocycles. The molecule has 24 heavy (non-hydrogen) atoms. The summed E-state index contributed by atoms with van der Waals surface area (Å²) in [5.41, 5.74) is 7.49. The number of hydrogen-bond acceptors (Lipinski definition) is 4. The second-order valence-corrected chi connectivity index (χ2v) is 5.04. The van der Waals surface area contributed by atoms with Gasteiger partial charge in [0.2, 0.25) is 0 Å². The van der Waals surface area contributed by atoms with Crippen molar-refractivity contribution in [3.8, 4) is 5.75 Å². The lowest BCUT2D eigenvalue weighted by Gasteiger charge is -2.16. The minimum atomic E-state index is -0.793. The number of carbonyl (C=O) groups excluding carboxylic acids is 1. The second-order valence-electron chi connectivity index (χ2n) is 5.04. The highest BCUT2D eigenvalue weighted by Gasteiger charge is 2.20. The van der Waals surface area contributed by atoms with Gasteiger partial charge in [0.25, 0.3) is 5.91 Å². The first kappa shape index (κ1) is 19.5. The molecule has 0 aliphatic rings. The van der Waals surface area contributed by atoms with E-state index < -0.39 is 6.10 Å². The molecular weight excluding hydrogens is 330 g/mol. The van der Waals surface area contributed by atoms with E-state index in [0.29, 0.717) is 17.7 Å². The molecule has 0 aliphatic heterocycles. The number of ether oxygens (including phenoxy) is 1. The fourth-order valence-corrected chi connectivity index (χ4v) is 2.17. The smallest absolute Gasteiger partial charge is 0.254 e. The van der Waals surface area contributed by atoms with Crippen molar-refractivity contribution in [2.24, 2.45) is 5.73 Å². The normalized spacial score (nSPS) is 11.2. The van der Waals surface area contributed by atoms with E-state index in [4.69, 9.17) is 15.9 Å². The zero-order chi connectivity index (χ0) is 16.8. The molecule has 2 aromatic rings. The summed E-state index contributed by atoms with van der Waals surface area (Å²) in [6, 6.07) is 13.5. The van der Waals surface area contributed by atoms with Crippen LogP contribution in [0.25, 0.3) is 0 Å². The van der Waals surface area contributed by atoms with Crippen LogP contribution < -0.4 is 11.1 Å². The summed E-state index contributed by atoms with van der Waals surface area (Å²) >= 11 is 0. The molecule has 2 aromatic carbocycles. The number of methoxy groups -OCH3 is 1. The largest absolute Gasteiger partial charge is 0.508 e. The van der Waals surface area contributed by atoms with Gasteiger partial charge < -0.3 is 20.9 Å². The van der Waals surface area contributed by atoms with E-state index in [1.807, 2.05) is 0 Å². The number of aromatic hydroxyl groups is 1. The maximum absolute atomic E-state index is 12.3. The molecule has 128 valence electrons. The van der Waals surface area contributed by atoms with Gasteiger partial charge in [-0.25, -0.2) is 0 Å². The van der Waals surface area contributed by atoms with Crippen molar-refractivity contribution in [2.75, 3.05) is 7.11 Å². The molecule has 0 saturated heterocycles. The summed E-state index contributed by atoms with van der Waals surface area (Å²) in [6.45, 7) is 0.329. The number of rotatable bonds is 6. The average molecular weight is 350 g/mol. The first-order chi connectivity index (χ1) is 11.0. The van der Waals surface area contributed by atoms with Gasteiger partial charge in [0.15, 0.2) is 6.10 Å². The molecule has 7 heteroatoms. The Morgan fingerprint density at radius 3 is 2.50 bits per heavy atom. The minimum Gasteiger partial charge on any atom is -0.508 e. The zero-order valence-electron chi connectivity index (χ0n) is 13.2. The summed E-state index contributed by atoms with van der Waals surface area (Å²) in [7, 11) is 1.44. The number of amides is 1. The molecule has 0 aromatic heterocycles. The topological polar surface area (TPSA) is 108 Å². The monoisotopic (exact) mass is 349 g/mol. The van der Waals surface area contributed by atoms with Crippen LogP contribution in [0.4, 0.5) is 0 Å². The molecule has 0 fully saturated rings. The Balaban J connectivity index is 0.00000288. The van der Waals surface area contributed by atoms with Gasteiger partial charge >= 0.3 is 0 Å². The van der Waals surface area contributed by atoms with Crippen LogP contribution in [0.2, 0.25) is 0 Å². The van der Waals surface area contributed by atoms with Crippen molar-refractivity contribution >= 4 is 24.1 Å². The van der Waals surface area contributed by atoms with E-state index in [2.05, 4.69) is 5.32 Å². The van der Waals surface area contributed by atoms with Crippen molar-refractivity contribution < 1.29 is 14.6 Å². The van der Waals surface area contributed by atoms with Crippen LogP contribution in [0.3, 0.4) is 0 Å². The van der Waals surface area contributed by atoms with Gasteiger partial charge in [0.1, 0.15) is 11.6 Å². The van der Waals surface area contributed by atoms with Crippen molar-refractivity contribution in [2.45, 2.75) is 12.6 Å². The molecule has 0 spiro atoms. The Bertz CT molecular complexity index is 704. The minimum absolute atomic E-state index is 0. The van der Waals surface area contributed by atoms with E-state index in [0.717, 1.165) is 5.56 Å². The molecular formula is C17H20ClN3O3. The summed E-state index contributed by atoms with van der Waals surface area (Å²) in [6.07, 6.45) is -0.793. The number of nitrogen functional groups attached to an aromatic ring is 1. The van der Waals surface area contributed by atoms with Crippen LogP contribution in [0.5, 0.6) is 5.75 Å². The number of nitrogens with two attached hydrogens (primary N) is 1. The molecule has 2 rings (SSSR count). The van der Waals surface area contributed by atoms with Crippen LogP contribution >= 0.6 is 12.4 Å². The molecule has 0 saturated carbocycles. The summed E-state index contributed by atoms with van der Waals surface area (Å²) in [5, 5.41) is 19.6. The lowest BCUT2D eigenvalue weighted by molar-refractivity contribution is -0.131. The van der Waals surface area contributed by atoms with Crippen molar-refractivity contribution in [1.82, 2.24) is 5.32 Å². The fourth-order valence-electron chi connectivity index (χ4n) is 2.17. The number of hydrogen-bond donors (Lipinski definition) is 4. The zero-order valence-corrected chi connectivity index (χ0v) is 14.0. The number of phenols is 1. The molecule has 0 bridgehead atoms. The van der Waals surface area contributed by atoms with E-state index in [1.54, 1.807) is 36.4 Å². The van der Waals surface area contributed by atoms with Crippen LogP contribution in [0.1, 0.15) is 22.8 Å². The predicted octanol–water partition coefficient (Wildman–Crippen LogP) is 2.10. The standard InChI is InChI=1S/C17H19N3O3.ClH/c1-23-15(13-3-2-4-14(21)9-13)17(22)20-10-11-5-7-12(8-6-11)16(18)19;/h2-9,15,21H,10H2,1H3,(H3,18,19)(H,20,22);1H. The van der Waals surface area contributed by atoms with Gasteiger partial charge in [-0.15, -0.1) is 12.4 Å². The predicted molar refractivity (Wildman–Crippen MR) is 94.4 cm³/mol. The van der Waals surface area contributed by atoms with E-state index in [9.17, 15) is 9.90 Å². The highest BCUT2D eigenvalue weighted by atomic mass is 35.5. The van der Waals surface area contributed by atoms with Crippen molar-refractivity contribution in [1.29, 1.82) is 5.41 Å². The van der Waals surface area contributed by atoms with Crippen LogP contribution in [-0.2, 0) is 16.1 Å². The van der Waals surface area contributed by atoms with E-state index >= 15 is 0 Å². The molecule has 0 radical (unpaired) electrons. The molecule has 1 amide bonds. The SMILES string of the molecule is COC(C(=O)NCc1ccc(C(=N)N)cc1)c1cccc(O)c1.Cl. The number of nitrogens with one attached hydrogen (secondary N) is 2. The first-order valence-corrected chi connectivity index (χ1v) is 7.04. The maximum atomic E-state index is 12.3. The Labute approximate surface area is 146 Å². The quantitative estimate of drug-likeness (QED) is 0.473. The van der Waals surface area contributed by atoms with Crippen LogP contribution in [-0.4, -0.2) is 24.0 Å². The van der Waals surface area contributed by atoms with Crippen molar-refractivity contribution in [3.05, 3.63) is 65.2 Å². The maximum Gasteiger partial charge on any atom is 0.254 e. The van der Waals surface area contributed by atoms with Gasteiger partial charge in [-0.1, -0.05) is 36.4 Å². The van der Waals surface area contributed by atoms with Crippen molar-refractivity contribution in [3.63, 3.8) is 0 Å². The molecule has 1 atom stereocenters. The second kappa shape index (κ2) is 8.90. The highest BCUT2D eigenvalue weighted by molar-refractivity contribution is 5.94. The summed E-state index contributed by atoms with van der Waals surface area (Å²) < 4.78 is 5.22. The lowest BCUT2D eigenvalue weighted by atomic mass is 10.1. The summed E-state index contributed by atoms with van der Waals surface area (Å²) in [4.78, 5) is 12.3. The van der Waals surface area contributed by atoms with Gasteiger partial charge in [-0.05, 0) is 23.3 Å². The third-order valence-corrected chi connectivity index (χ3v) is 3.38. The van der Waals surface area contributed by atoms with Gasteiger partial charge in [0, 0.05) is 19.2 Å². The van der Waals surface area contributed by atoms with Gasteiger partial charge in [0.05, 0.1) is 0 Å². The Morgan fingerprint density at radius 2 is 1.96 bits per heavy atom. The van der Waals surface area contributed by atoms with E-state index in [-0.39, 0.29) is 29.9 Å². The molecule has 1 unspecified atom stereocenters. The average Bonchev–Trinajstić information content (AvgIpc) is 2.54. The number of phenolic OH excluding ortho intramolecular Hbond substituents is 1. The third-order valence-electron chi connectivity index (χ3n) is 3.38. The molecule has 0 heterocycles. The lowest BCUT2D eigenvalue weighted by Crippen LogP contribution is -2.30. The third kappa shape index (κ3) is 4.97. The van der Waals surface area contributed by atoms with Crippen LogP contribution in [0.15, 0.2) is 48.5 Å². The van der Waals surface area contributed by atoms with Crippen LogP contribution in [0, 0.1) is 5.41 Å². The van der Waals surface area contributed by atoms with E-state index in [1.165, 1.54) is 19.2 Å². The number of benzene rings is 2. The molecule has 5 N–H and O–H groups in total.